The Morgan fingerprint density at radius 2 is 1.65 bits per heavy atom. The zero-order valence-electron chi connectivity index (χ0n) is 19.5. The fraction of sp³-hybridized carbons (Fsp3) is 0.308. The van der Waals surface area contributed by atoms with Crippen LogP contribution in [0.25, 0.3) is 0 Å². The van der Waals surface area contributed by atoms with Crippen LogP contribution in [-0.4, -0.2) is 61.1 Å². The first-order chi connectivity index (χ1) is 16.4. The third kappa shape index (κ3) is 5.46. The Balaban J connectivity index is 1.59. The van der Waals surface area contributed by atoms with Gasteiger partial charge in [-0.05, 0) is 47.9 Å². The van der Waals surface area contributed by atoms with E-state index in [1.807, 2.05) is 24.3 Å². The summed E-state index contributed by atoms with van der Waals surface area (Å²) in [6.45, 7) is 4.41. The highest BCUT2D eigenvalue weighted by atomic mass is 32.2. The molecule has 178 valence electrons. The van der Waals surface area contributed by atoms with Gasteiger partial charge in [-0.25, -0.2) is 8.42 Å². The molecule has 0 spiro atoms. The maximum Gasteiger partial charge on any atom is 0.211 e. The number of sulfonamides is 1. The highest BCUT2D eigenvalue weighted by Gasteiger charge is 2.24. The van der Waals surface area contributed by atoms with E-state index in [9.17, 15) is 13.6 Å². The second kappa shape index (κ2) is 10.4. The molecule has 0 radical (unpaired) electrons. The molecule has 1 fully saturated rings. The fourth-order valence-corrected chi connectivity index (χ4v) is 5.36. The van der Waals surface area contributed by atoms with Crippen molar-refractivity contribution in [3.8, 4) is 0 Å². The highest BCUT2D eigenvalue weighted by molar-refractivity contribution is 7.88. The minimum Gasteiger partial charge on any atom is -0.411 e. The number of benzene rings is 2. The zero-order chi connectivity index (χ0) is 24.1. The van der Waals surface area contributed by atoms with Gasteiger partial charge in [-0.15, -0.1) is 0 Å². The summed E-state index contributed by atoms with van der Waals surface area (Å²) in [5.74, 6) is 0.0106. The third-order valence-electron chi connectivity index (χ3n) is 6.46. The second-order valence-corrected chi connectivity index (χ2v) is 10.6. The first kappa shape index (κ1) is 23.9. The number of hydrogen-bond acceptors (Lipinski definition) is 6. The van der Waals surface area contributed by atoms with Gasteiger partial charge in [-0.2, -0.15) is 4.31 Å². The van der Waals surface area contributed by atoms with Crippen LogP contribution in [0, 0.1) is 6.92 Å². The predicted molar refractivity (Wildman–Crippen MR) is 135 cm³/mol. The summed E-state index contributed by atoms with van der Waals surface area (Å²) in [5, 5.41) is 13.4. The van der Waals surface area contributed by atoms with E-state index in [1.54, 1.807) is 12.4 Å². The largest absolute Gasteiger partial charge is 0.411 e. The van der Waals surface area contributed by atoms with Gasteiger partial charge in [0, 0.05) is 62.2 Å². The van der Waals surface area contributed by atoms with Gasteiger partial charge >= 0.3 is 0 Å². The summed E-state index contributed by atoms with van der Waals surface area (Å²) in [7, 11) is -3.15. The molecule has 1 aliphatic heterocycles. The van der Waals surface area contributed by atoms with Crippen molar-refractivity contribution in [2.24, 2.45) is 5.16 Å². The average Bonchev–Trinajstić information content (AvgIpc) is 2.86. The molecule has 0 saturated carbocycles. The molecule has 4 rings (SSSR count). The molecule has 3 aromatic rings. The van der Waals surface area contributed by atoms with E-state index in [4.69, 9.17) is 0 Å². The van der Waals surface area contributed by atoms with Crippen LogP contribution >= 0.6 is 0 Å². The van der Waals surface area contributed by atoms with Crippen LogP contribution in [0.5, 0.6) is 0 Å². The van der Waals surface area contributed by atoms with Crippen molar-refractivity contribution in [2.45, 2.75) is 19.3 Å². The Bertz CT molecular complexity index is 1240. The van der Waals surface area contributed by atoms with Crippen molar-refractivity contribution in [1.82, 2.24) is 9.29 Å². The Labute approximate surface area is 201 Å². The van der Waals surface area contributed by atoms with Crippen molar-refractivity contribution >= 4 is 21.4 Å². The number of oxime groups is 1. The molecule has 1 saturated heterocycles. The molecule has 1 aromatic heterocycles. The van der Waals surface area contributed by atoms with Gasteiger partial charge in [-0.3, -0.25) is 4.98 Å². The Hall–Kier alpha value is -3.23. The molecular weight excluding hydrogens is 448 g/mol. The van der Waals surface area contributed by atoms with Crippen molar-refractivity contribution in [2.75, 3.05) is 37.3 Å². The molecule has 0 bridgehead atoms. The lowest BCUT2D eigenvalue weighted by atomic mass is 9.83. The first-order valence-electron chi connectivity index (χ1n) is 11.3. The molecule has 8 heteroatoms. The molecule has 1 aliphatic rings. The SMILES string of the molecule is Cc1ccccc1C(CC(=NO)c1ccncc1)c1ccc(N2CCN(S(C)(=O)=O)CC2)cc1. The van der Waals surface area contributed by atoms with Crippen LogP contribution in [0.2, 0.25) is 0 Å². The van der Waals surface area contributed by atoms with Gasteiger partial charge in [0.15, 0.2) is 0 Å². The quantitative estimate of drug-likeness (QED) is 0.317. The predicted octanol–water partition coefficient (Wildman–Crippen LogP) is 3.87. The van der Waals surface area contributed by atoms with Crippen molar-refractivity contribution in [3.05, 3.63) is 95.3 Å². The van der Waals surface area contributed by atoms with E-state index < -0.39 is 10.0 Å². The summed E-state index contributed by atoms with van der Waals surface area (Å²) >= 11 is 0. The monoisotopic (exact) mass is 478 g/mol. The van der Waals surface area contributed by atoms with E-state index >= 15 is 0 Å². The average molecular weight is 479 g/mol. The lowest BCUT2D eigenvalue weighted by Gasteiger charge is -2.35. The van der Waals surface area contributed by atoms with E-state index in [0.29, 0.717) is 38.3 Å². The second-order valence-electron chi connectivity index (χ2n) is 8.64. The smallest absolute Gasteiger partial charge is 0.211 e. The molecule has 0 amide bonds. The lowest BCUT2D eigenvalue weighted by molar-refractivity contribution is 0.317. The van der Waals surface area contributed by atoms with Gasteiger partial charge in [0.05, 0.1) is 12.0 Å². The van der Waals surface area contributed by atoms with Gasteiger partial charge < -0.3 is 10.1 Å². The highest BCUT2D eigenvalue weighted by Crippen LogP contribution is 2.33. The van der Waals surface area contributed by atoms with E-state index in [0.717, 1.165) is 16.8 Å². The fourth-order valence-electron chi connectivity index (χ4n) is 4.53. The van der Waals surface area contributed by atoms with Crippen molar-refractivity contribution in [1.29, 1.82) is 0 Å². The minimum atomic E-state index is -3.15. The van der Waals surface area contributed by atoms with Crippen LogP contribution in [-0.2, 0) is 10.0 Å². The number of nitrogens with zero attached hydrogens (tertiary/aromatic N) is 4. The summed E-state index contributed by atoms with van der Waals surface area (Å²) in [5.41, 5.74) is 6.02. The van der Waals surface area contributed by atoms with E-state index in [2.05, 4.69) is 58.4 Å². The first-order valence-corrected chi connectivity index (χ1v) is 13.2. The molecule has 1 N–H and O–H groups in total. The summed E-state index contributed by atoms with van der Waals surface area (Å²) < 4.78 is 25.1. The summed E-state index contributed by atoms with van der Waals surface area (Å²) in [6.07, 6.45) is 5.19. The van der Waals surface area contributed by atoms with E-state index in [-0.39, 0.29) is 5.92 Å². The van der Waals surface area contributed by atoms with Crippen LogP contribution in [0.4, 0.5) is 5.69 Å². The van der Waals surface area contributed by atoms with Crippen LogP contribution in [0.3, 0.4) is 0 Å². The van der Waals surface area contributed by atoms with Gasteiger partial charge in [-0.1, -0.05) is 41.6 Å². The maximum absolute atomic E-state index is 11.8. The molecule has 1 atom stereocenters. The van der Waals surface area contributed by atoms with E-state index in [1.165, 1.54) is 21.7 Å². The standard InChI is InChI=1S/C26H30N4O3S/c1-20-5-3-4-6-24(20)25(19-26(28-31)22-11-13-27-14-12-22)21-7-9-23(10-8-21)29-15-17-30(18-16-29)34(2,32)33/h3-14,25,31H,15-19H2,1-2H3. The van der Waals surface area contributed by atoms with Gasteiger partial charge in [0.1, 0.15) is 0 Å². The zero-order valence-corrected chi connectivity index (χ0v) is 20.3. The van der Waals surface area contributed by atoms with Gasteiger partial charge in [0.2, 0.25) is 10.0 Å². The van der Waals surface area contributed by atoms with Crippen LogP contribution in [0.1, 0.15) is 34.6 Å². The number of anilines is 1. The number of pyridine rings is 1. The molecule has 2 aromatic carbocycles. The molecular formula is C26H30N4O3S. The van der Waals surface area contributed by atoms with Gasteiger partial charge in [0.25, 0.3) is 0 Å². The number of aromatic nitrogens is 1. The Morgan fingerprint density at radius 1 is 1.00 bits per heavy atom. The summed E-state index contributed by atoms with van der Waals surface area (Å²) in [6, 6.07) is 20.4. The van der Waals surface area contributed by atoms with Crippen LogP contribution < -0.4 is 4.90 Å². The summed E-state index contributed by atoms with van der Waals surface area (Å²) in [4.78, 5) is 6.28. The van der Waals surface area contributed by atoms with Crippen molar-refractivity contribution in [3.63, 3.8) is 0 Å². The molecule has 0 aliphatic carbocycles. The maximum atomic E-state index is 11.8. The minimum absolute atomic E-state index is 0.0106. The van der Waals surface area contributed by atoms with Crippen LogP contribution in [0.15, 0.2) is 78.2 Å². The topological polar surface area (TPSA) is 86.1 Å². The lowest BCUT2D eigenvalue weighted by Crippen LogP contribution is -2.48. The Morgan fingerprint density at radius 3 is 2.24 bits per heavy atom. The number of rotatable bonds is 7. The number of aryl methyl sites for hydroxylation is 1. The van der Waals surface area contributed by atoms with Crippen molar-refractivity contribution < 1.29 is 13.6 Å². The Kier molecular flexibility index (Phi) is 7.29. The number of hydrogen-bond donors (Lipinski definition) is 1. The molecule has 34 heavy (non-hydrogen) atoms. The molecule has 7 nitrogen and oxygen atoms in total. The number of piperazine rings is 1. The third-order valence-corrected chi connectivity index (χ3v) is 7.77. The molecule has 1 unspecified atom stereocenters. The molecule has 2 heterocycles. The normalized spacial score (nSPS) is 16.4.